The average Bonchev–Trinajstić information content (AvgIpc) is 3.53. The van der Waals surface area contributed by atoms with Gasteiger partial charge in [-0.1, -0.05) is 31.5 Å². The van der Waals surface area contributed by atoms with E-state index in [1.807, 2.05) is 18.3 Å². The summed E-state index contributed by atoms with van der Waals surface area (Å²) in [6, 6.07) is 10.5. The molecule has 144 valence electrons. The number of nitrogens with zero attached hydrogens (tertiary/aromatic N) is 1. The van der Waals surface area contributed by atoms with Crippen LogP contribution in [0, 0.1) is 13.8 Å². The predicted octanol–water partition coefficient (Wildman–Crippen LogP) is 5.62. The van der Waals surface area contributed by atoms with E-state index >= 15 is 0 Å². The van der Waals surface area contributed by atoms with Gasteiger partial charge in [0.1, 0.15) is 0 Å². The zero-order chi connectivity index (χ0) is 19.8. The highest BCUT2D eigenvalue weighted by molar-refractivity contribution is 5.81. The number of aromatic nitrogens is 1. The number of rotatable bonds is 6. The van der Waals surface area contributed by atoms with E-state index < -0.39 is 0 Å². The van der Waals surface area contributed by atoms with Crippen LogP contribution < -0.4 is 5.56 Å². The molecule has 2 heterocycles. The minimum atomic E-state index is -0.225. The predicted molar refractivity (Wildman–Crippen MR) is 115 cm³/mol. The molecule has 3 aromatic rings. The number of hydrogen-bond donors (Lipinski definition) is 0. The van der Waals surface area contributed by atoms with Gasteiger partial charge < -0.3 is 0 Å². The van der Waals surface area contributed by atoms with Crippen LogP contribution in [0.3, 0.4) is 0 Å². The van der Waals surface area contributed by atoms with Gasteiger partial charge in [0.2, 0.25) is 0 Å². The maximum atomic E-state index is 12.7. The fraction of sp³-hybridized carbons (Fsp3) is 0.360. The van der Waals surface area contributed by atoms with Crippen molar-refractivity contribution in [2.45, 2.75) is 58.8 Å². The molecule has 0 unspecified atom stereocenters. The van der Waals surface area contributed by atoms with E-state index in [0.717, 1.165) is 41.5 Å². The molecule has 2 aromatic heterocycles. The van der Waals surface area contributed by atoms with Gasteiger partial charge in [-0.05, 0) is 91.0 Å². The van der Waals surface area contributed by atoms with Crippen LogP contribution in [0.4, 0.5) is 0 Å². The Hall–Kier alpha value is -2.68. The second-order valence-electron chi connectivity index (χ2n) is 8.07. The van der Waals surface area contributed by atoms with Gasteiger partial charge >= 0.3 is 0 Å². The van der Waals surface area contributed by atoms with Crippen LogP contribution in [0.5, 0.6) is 0 Å². The molecule has 3 nitrogen and oxygen atoms in total. The van der Waals surface area contributed by atoms with Crippen LogP contribution in [0.25, 0.3) is 16.6 Å². The minimum absolute atomic E-state index is 0.225. The molecule has 1 aliphatic carbocycles. The molecule has 1 aromatic carbocycles. The van der Waals surface area contributed by atoms with Gasteiger partial charge in [0.05, 0.1) is 11.1 Å². The normalized spacial score (nSPS) is 13.8. The van der Waals surface area contributed by atoms with E-state index in [0.29, 0.717) is 12.2 Å². The van der Waals surface area contributed by atoms with E-state index in [1.54, 1.807) is 4.40 Å². The number of hydrogen-bond acceptors (Lipinski definition) is 2. The number of carbonyl (C=O) groups excluding carboxylic acids is 1. The zero-order valence-electron chi connectivity index (χ0n) is 16.9. The fourth-order valence-corrected chi connectivity index (χ4v) is 4.20. The van der Waals surface area contributed by atoms with Gasteiger partial charge in [-0.25, -0.2) is 0 Å². The first-order valence-electron chi connectivity index (χ1n) is 10.3. The van der Waals surface area contributed by atoms with E-state index in [9.17, 15) is 9.59 Å². The third-order valence-corrected chi connectivity index (χ3v) is 6.04. The Kier molecular flexibility index (Phi) is 4.92. The molecule has 0 radical (unpaired) electrons. The van der Waals surface area contributed by atoms with E-state index in [2.05, 4.69) is 39.0 Å². The second-order valence-corrected chi connectivity index (χ2v) is 8.07. The highest BCUT2D eigenvalue weighted by Gasteiger charge is 2.28. The van der Waals surface area contributed by atoms with Gasteiger partial charge in [0.25, 0.3) is 5.56 Å². The highest BCUT2D eigenvalue weighted by Crippen LogP contribution is 2.43. The molecule has 0 atom stereocenters. The molecule has 1 aliphatic rings. The Morgan fingerprint density at radius 1 is 1.14 bits per heavy atom. The maximum Gasteiger partial charge on any atom is 0.265 e. The third-order valence-electron chi connectivity index (χ3n) is 6.04. The Morgan fingerprint density at radius 3 is 2.61 bits per heavy atom. The number of carbonyl (C=O) groups is 1. The first-order chi connectivity index (χ1) is 13.5. The van der Waals surface area contributed by atoms with Crippen molar-refractivity contribution in [1.29, 1.82) is 0 Å². The van der Waals surface area contributed by atoms with Crippen LogP contribution in [0.2, 0.25) is 0 Å². The van der Waals surface area contributed by atoms with Gasteiger partial charge in [-0.2, -0.15) is 0 Å². The molecule has 0 saturated heterocycles. The summed E-state index contributed by atoms with van der Waals surface area (Å²) in [7, 11) is 0. The fourth-order valence-electron chi connectivity index (χ4n) is 4.20. The van der Waals surface area contributed by atoms with E-state index in [4.69, 9.17) is 0 Å². The van der Waals surface area contributed by atoms with Crippen molar-refractivity contribution in [3.8, 4) is 11.1 Å². The molecule has 28 heavy (non-hydrogen) atoms. The molecule has 0 bridgehead atoms. The van der Waals surface area contributed by atoms with Crippen LogP contribution >= 0.6 is 0 Å². The van der Waals surface area contributed by atoms with Gasteiger partial charge in [-0.3, -0.25) is 14.0 Å². The molecule has 1 fully saturated rings. The van der Waals surface area contributed by atoms with E-state index in [-0.39, 0.29) is 11.1 Å². The summed E-state index contributed by atoms with van der Waals surface area (Å²) in [4.78, 5) is 24.1. The van der Waals surface area contributed by atoms with Crippen molar-refractivity contribution >= 4 is 11.8 Å². The summed E-state index contributed by atoms with van der Waals surface area (Å²) in [5.41, 5.74) is 8.36. The molecule has 4 rings (SSSR count). The minimum Gasteiger partial charge on any atom is -0.298 e. The lowest BCUT2D eigenvalue weighted by atomic mass is 9.93. The first kappa shape index (κ1) is 18.7. The number of benzene rings is 1. The molecule has 0 amide bonds. The quantitative estimate of drug-likeness (QED) is 0.526. The smallest absolute Gasteiger partial charge is 0.265 e. The monoisotopic (exact) mass is 373 g/mol. The topological polar surface area (TPSA) is 38.5 Å². The molecule has 0 spiro atoms. The zero-order valence-corrected chi connectivity index (χ0v) is 16.9. The largest absolute Gasteiger partial charge is 0.298 e. The summed E-state index contributed by atoms with van der Waals surface area (Å²) in [5, 5.41) is 0. The van der Waals surface area contributed by atoms with Crippen LogP contribution in [0.1, 0.15) is 71.1 Å². The number of unbranched alkanes of at least 4 members (excludes halogenated alkanes) is 1. The Balaban J connectivity index is 1.92. The number of pyridine rings is 2. The lowest BCUT2D eigenvalue weighted by Crippen LogP contribution is -2.20. The summed E-state index contributed by atoms with van der Waals surface area (Å²) >= 11 is 0. The first-order valence-corrected chi connectivity index (χ1v) is 10.3. The van der Waals surface area contributed by atoms with Crippen LogP contribution in [-0.4, -0.2) is 10.7 Å². The molecule has 0 aliphatic heterocycles. The SMILES string of the molecule is CCCCc1cc(-c2ccn3c(=O)c(C=O)cc(C4CC4)c3c2C)ccc1C. The highest BCUT2D eigenvalue weighted by atomic mass is 16.1. The Morgan fingerprint density at radius 2 is 1.93 bits per heavy atom. The molecule has 3 heteroatoms. The second kappa shape index (κ2) is 7.38. The number of fused-ring (bicyclic) bond motifs is 1. The third kappa shape index (κ3) is 3.19. The van der Waals surface area contributed by atoms with E-state index in [1.165, 1.54) is 29.5 Å². The summed E-state index contributed by atoms with van der Waals surface area (Å²) in [6.07, 6.45) is 8.25. The van der Waals surface area contributed by atoms with Crippen molar-refractivity contribution in [3.05, 3.63) is 74.7 Å². The summed E-state index contributed by atoms with van der Waals surface area (Å²) < 4.78 is 1.67. The van der Waals surface area contributed by atoms with Crippen molar-refractivity contribution in [3.63, 3.8) is 0 Å². The molecular formula is C25H27NO2. The van der Waals surface area contributed by atoms with Crippen LogP contribution in [-0.2, 0) is 6.42 Å². The van der Waals surface area contributed by atoms with Gasteiger partial charge in [-0.15, -0.1) is 0 Å². The van der Waals surface area contributed by atoms with Crippen molar-refractivity contribution in [2.75, 3.05) is 0 Å². The van der Waals surface area contributed by atoms with Crippen molar-refractivity contribution in [2.24, 2.45) is 0 Å². The average molecular weight is 373 g/mol. The van der Waals surface area contributed by atoms with Crippen molar-refractivity contribution < 1.29 is 4.79 Å². The molecule has 0 N–H and O–H groups in total. The molecular weight excluding hydrogens is 346 g/mol. The Bertz CT molecular complexity index is 1120. The lowest BCUT2D eigenvalue weighted by Gasteiger charge is -2.16. The number of aldehydes is 1. The van der Waals surface area contributed by atoms with Gasteiger partial charge in [0.15, 0.2) is 6.29 Å². The van der Waals surface area contributed by atoms with Crippen molar-refractivity contribution in [1.82, 2.24) is 4.40 Å². The van der Waals surface area contributed by atoms with Gasteiger partial charge in [0, 0.05) is 6.20 Å². The maximum absolute atomic E-state index is 12.7. The summed E-state index contributed by atoms with van der Waals surface area (Å²) in [5.74, 6) is 0.460. The summed E-state index contributed by atoms with van der Waals surface area (Å²) in [6.45, 7) is 6.49. The Labute approximate surface area is 166 Å². The number of aryl methyl sites for hydroxylation is 3. The molecule has 1 saturated carbocycles. The lowest BCUT2D eigenvalue weighted by molar-refractivity contribution is 0.112. The standard InChI is InChI=1S/C25H27NO2/c1-4-5-6-19-13-20(8-7-16(19)2)22-11-12-26-24(17(22)3)23(18-9-10-18)14-21(15-27)25(26)28/h7-8,11-15,18H,4-6,9-10H2,1-3H3. The van der Waals surface area contributed by atoms with Crippen LogP contribution in [0.15, 0.2) is 41.3 Å².